The van der Waals surface area contributed by atoms with Crippen LogP contribution in [0.2, 0.25) is 0 Å². The summed E-state index contributed by atoms with van der Waals surface area (Å²) in [6.45, 7) is 6.49. The van der Waals surface area contributed by atoms with Gasteiger partial charge in [-0.15, -0.1) is 0 Å². The van der Waals surface area contributed by atoms with Crippen LogP contribution in [-0.2, 0) is 12.8 Å². The minimum Gasteiger partial charge on any atom is -0.493 e. The summed E-state index contributed by atoms with van der Waals surface area (Å²) in [5.74, 6) is 1.14. The minimum atomic E-state index is 0.322. The van der Waals surface area contributed by atoms with Crippen molar-refractivity contribution in [3.8, 4) is 5.75 Å². The Balaban J connectivity index is 2.10. The van der Waals surface area contributed by atoms with Crippen LogP contribution in [0.5, 0.6) is 5.75 Å². The molecule has 100 valence electrons. The van der Waals surface area contributed by atoms with Gasteiger partial charge in [-0.3, -0.25) is 0 Å². The van der Waals surface area contributed by atoms with Gasteiger partial charge in [0.2, 0.25) is 0 Å². The molecule has 3 heteroatoms. The second kappa shape index (κ2) is 5.62. The van der Waals surface area contributed by atoms with Crippen molar-refractivity contribution in [2.24, 2.45) is 5.41 Å². The zero-order chi connectivity index (χ0) is 13.2. The fraction of sp³-hybridized carbons (Fsp3) is 0.600. The standard InChI is InChI=1S/C15H22BrNO/c1-15(2,10-17-3)6-4-11-8-13(16)9-12-5-7-18-14(11)12/h8-9,17H,4-7,10H2,1-3H3. The molecule has 0 atom stereocenters. The van der Waals surface area contributed by atoms with Crippen molar-refractivity contribution in [1.29, 1.82) is 0 Å². The molecule has 2 rings (SSSR count). The number of hydrogen-bond acceptors (Lipinski definition) is 2. The average Bonchev–Trinajstić information content (AvgIpc) is 2.73. The summed E-state index contributed by atoms with van der Waals surface area (Å²) in [6.07, 6.45) is 3.29. The van der Waals surface area contributed by atoms with Gasteiger partial charge in [0.05, 0.1) is 6.61 Å². The molecule has 18 heavy (non-hydrogen) atoms. The van der Waals surface area contributed by atoms with Crippen LogP contribution in [0.25, 0.3) is 0 Å². The predicted molar refractivity (Wildman–Crippen MR) is 79.4 cm³/mol. The van der Waals surface area contributed by atoms with Gasteiger partial charge in [0, 0.05) is 10.9 Å². The van der Waals surface area contributed by atoms with E-state index in [2.05, 4.69) is 47.2 Å². The van der Waals surface area contributed by atoms with Crippen LogP contribution in [-0.4, -0.2) is 20.2 Å². The number of nitrogens with one attached hydrogen (secondary N) is 1. The molecule has 1 heterocycles. The van der Waals surface area contributed by atoms with E-state index in [1.165, 1.54) is 22.0 Å². The van der Waals surface area contributed by atoms with E-state index in [9.17, 15) is 0 Å². The Labute approximate surface area is 118 Å². The van der Waals surface area contributed by atoms with Crippen molar-refractivity contribution in [3.63, 3.8) is 0 Å². The molecule has 0 bridgehead atoms. The summed E-state index contributed by atoms with van der Waals surface area (Å²) in [4.78, 5) is 0. The Morgan fingerprint density at radius 1 is 1.39 bits per heavy atom. The van der Waals surface area contributed by atoms with Crippen LogP contribution in [0.15, 0.2) is 16.6 Å². The Hall–Kier alpha value is -0.540. The molecule has 2 nitrogen and oxygen atoms in total. The van der Waals surface area contributed by atoms with Crippen LogP contribution in [0.1, 0.15) is 31.4 Å². The number of fused-ring (bicyclic) bond motifs is 1. The number of hydrogen-bond donors (Lipinski definition) is 1. The van der Waals surface area contributed by atoms with Gasteiger partial charge in [0.25, 0.3) is 0 Å². The van der Waals surface area contributed by atoms with E-state index in [0.29, 0.717) is 5.41 Å². The summed E-state index contributed by atoms with van der Waals surface area (Å²) in [7, 11) is 2.02. The second-order valence-electron chi connectivity index (χ2n) is 5.85. The van der Waals surface area contributed by atoms with Gasteiger partial charge in [-0.25, -0.2) is 0 Å². The molecule has 0 spiro atoms. The quantitative estimate of drug-likeness (QED) is 0.897. The zero-order valence-electron chi connectivity index (χ0n) is 11.5. The van der Waals surface area contributed by atoms with Gasteiger partial charge < -0.3 is 10.1 Å². The van der Waals surface area contributed by atoms with Gasteiger partial charge in [0.1, 0.15) is 5.75 Å². The number of ether oxygens (including phenoxy) is 1. The SMILES string of the molecule is CNCC(C)(C)CCc1cc(Br)cc2c1OCC2. The molecule has 0 aliphatic carbocycles. The van der Waals surface area contributed by atoms with Gasteiger partial charge in [-0.2, -0.15) is 0 Å². The maximum atomic E-state index is 5.77. The molecule has 0 saturated carbocycles. The lowest BCUT2D eigenvalue weighted by atomic mass is 9.86. The molecule has 0 saturated heterocycles. The average molecular weight is 312 g/mol. The first-order chi connectivity index (χ1) is 8.52. The van der Waals surface area contributed by atoms with Crippen LogP contribution in [0, 0.1) is 5.41 Å². The Bertz CT molecular complexity index is 429. The lowest BCUT2D eigenvalue weighted by molar-refractivity contribution is 0.318. The molecule has 0 fully saturated rings. The number of benzene rings is 1. The van der Waals surface area contributed by atoms with E-state index in [-0.39, 0.29) is 0 Å². The summed E-state index contributed by atoms with van der Waals surface area (Å²) in [6, 6.07) is 4.39. The molecule has 0 radical (unpaired) electrons. The van der Waals surface area contributed by atoms with E-state index in [1.54, 1.807) is 0 Å². The summed E-state index contributed by atoms with van der Waals surface area (Å²) < 4.78 is 6.95. The van der Waals surface area contributed by atoms with Gasteiger partial charge in [0.15, 0.2) is 0 Å². The smallest absolute Gasteiger partial charge is 0.125 e. The fourth-order valence-electron chi connectivity index (χ4n) is 2.57. The lowest BCUT2D eigenvalue weighted by Crippen LogP contribution is -2.27. The molecule has 0 unspecified atom stereocenters. The monoisotopic (exact) mass is 311 g/mol. The normalized spacial score (nSPS) is 14.4. The van der Waals surface area contributed by atoms with E-state index in [4.69, 9.17) is 4.74 Å². The maximum absolute atomic E-state index is 5.77. The predicted octanol–water partition coefficient (Wildman–Crippen LogP) is 3.56. The first-order valence-corrected chi connectivity index (χ1v) is 7.40. The number of rotatable bonds is 5. The number of halogens is 1. The molecular formula is C15H22BrNO. The van der Waals surface area contributed by atoms with E-state index in [0.717, 1.165) is 31.7 Å². The highest BCUT2D eigenvalue weighted by Gasteiger charge is 2.21. The molecule has 1 N–H and O–H groups in total. The summed E-state index contributed by atoms with van der Waals surface area (Å²) >= 11 is 3.60. The van der Waals surface area contributed by atoms with E-state index < -0.39 is 0 Å². The van der Waals surface area contributed by atoms with Gasteiger partial charge >= 0.3 is 0 Å². The van der Waals surface area contributed by atoms with Crippen molar-refractivity contribution in [3.05, 3.63) is 27.7 Å². The first kappa shape index (κ1) is 13.9. The summed E-state index contributed by atoms with van der Waals surface area (Å²) in [5, 5.41) is 3.27. The highest BCUT2D eigenvalue weighted by atomic mass is 79.9. The highest BCUT2D eigenvalue weighted by Crippen LogP contribution is 2.35. The van der Waals surface area contributed by atoms with E-state index >= 15 is 0 Å². The maximum Gasteiger partial charge on any atom is 0.125 e. The van der Waals surface area contributed by atoms with Crippen LogP contribution in [0.3, 0.4) is 0 Å². The third-order valence-electron chi connectivity index (χ3n) is 3.55. The van der Waals surface area contributed by atoms with Gasteiger partial charge in [-0.1, -0.05) is 29.8 Å². The highest BCUT2D eigenvalue weighted by molar-refractivity contribution is 9.10. The molecule has 1 aliphatic heterocycles. The lowest BCUT2D eigenvalue weighted by Gasteiger charge is -2.24. The Morgan fingerprint density at radius 2 is 2.17 bits per heavy atom. The molecule has 0 aromatic heterocycles. The topological polar surface area (TPSA) is 21.3 Å². The minimum absolute atomic E-state index is 0.322. The largest absolute Gasteiger partial charge is 0.493 e. The van der Waals surface area contributed by atoms with Crippen molar-refractivity contribution in [2.75, 3.05) is 20.2 Å². The van der Waals surface area contributed by atoms with Crippen molar-refractivity contribution in [2.45, 2.75) is 33.1 Å². The molecule has 1 aromatic rings. The van der Waals surface area contributed by atoms with E-state index in [1.807, 2.05) is 7.05 Å². The third kappa shape index (κ3) is 3.27. The van der Waals surface area contributed by atoms with Crippen LogP contribution < -0.4 is 10.1 Å². The van der Waals surface area contributed by atoms with Crippen LogP contribution >= 0.6 is 15.9 Å². The summed E-state index contributed by atoms with van der Waals surface area (Å²) in [5.41, 5.74) is 3.02. The second-order valence-corrected chi connectivity index (χ2v) is 6.76. The van der Waals surface area contributed by atoms with Crippen molar-refractivity contribution >= 4 is 15.9 Å². The Morgan fingerprint density at radius 3 is 2.89 bits per heavy atom. The molecule has 0 amide bonds. The van der Waals surface area contributed by atoms with Crippen LogP contribution in [0.4, 0.5) is 0 Å². The zero-order valence-corrected chi connectivity index (χ0v) is 13.1. The van der Waals surface area contributed by atoms with Crippen molar-refractivity contribution < 1.29 is 4.74 Å². The first-order valence-electron chi connectivity index (χ1n) is 6.60. The molecule has 1 aromatic carbocycles. The fourth-order valence-corrected chi connectivity index (χ4v) is 3.12. The van der Waals surface area contributed by atoms with Gasteiger partial charge in [-0.05, 0) is 55.1 Å². The number of aryl methyl sites for hydroxylation is 1. The molecular weight excluding hydrogens is 290 g/mol. The molecule has 1 aliphatic rings. The third-order valence-corrected chi connectivity index (χ3v) is 4.01. The van der Waals surface area contributed by atoms with Crippen molar-refractivity contribution in [1.82, 2.24) is 5.32 Å². The Kier molecular flexibility index (Phi) is 4.33.